The van der Waals surface area contributed by atoms with E-state index in [9.17, 15) is 35.7 Å². The molecule has 8 aliphatic rings. The monoisotopic (exact) mass is 724 g/mol. The van der Waals surface area contributed by atoms with Crippen LogP contribution in [0.3, 0.4) is 0 Å². The molecule has 7 fully saturated rings. The first kappa shape index (κ1) is 37.2. The SMILES string of the molecule is CC1CCC2(OC1)OC1CC3C4CC=C5CC(OC6OC(C)C(O)C(O)C6O)CC(OC6OCC(O)C(O)C6O)C5(C)C4CCC3(C)C1(O)C2C. The highest BCUT2D eigenvalue weighted by atomic mass is 16.7. The first-order valence-corrected chi connectivity index (χ1v) is 19.4. The average molecular weight is 725 g/mol. The second kappa shape index (κ2) is 12.9. The summed E-state index contributed by atoms with van der Waals surface area (Å²) in [5, 5.41) is 75.9. The van der Waals surface area contributed by atoms with Crippen LogP contribution in [-0.4, -0.2) is 134 Å². The van der Waals surface area contributed by atoms with Gasteiger partial charge in [0.15, 0.2) is 18.4 Å². The highest BCUT2D eigenvalue weighted by Crippen LogP contribution is 2.72. The third-order valence-electron chi connectivity index (χ3n) is 15.5. The van der Waals surface area contributed by atoms with Crippen LogP contribution in [-0.2, 0) is 28.4 Å². The second-order valence-electron chi connectivity index (χ2n) is 18.0. The summed E-state index contributed by atoms with van der Waals surface area (Å²) in [7, 11) is 0. The van der Waals surface area contributed by atoms with Gasteiger partial charge in [0.1, 0.15) is 42.2 Å². The molecule has 21 atom stereocenters. The molecule has 1 spiro atoms. The number of hydrogen-bond acceptors (Lipinski definition) is 13. The number of ether oxygens (including phenoxy) is 6. The van der Waals surface area contributed by atoms with Crippen molar-refractivity contribution in [2.45, 2.75) is 171 Å². The van der Waals surface area contributed by atoms with Gasteiger partial charge in [-0.05, 0) is 69.1 Å². The molecule has 7 N–H and O–H groups in total. The van der Waals surface area contributed by atoms with E-state index < -0.39 is 84.3 Å². The van der Waals surface area contributed by atoms with Crippen LogP contribution in [0.2, 0.25) is 0 Å². The molecule has 0 bridgehead atoms. The predicted octanol–water partition coefficient (Wildman–Crippen LogP) is 1.11. The van der Waals surface area contributed by atoms with Crippen molar-refractivity contribution < 1.29 is 64.2 Å². The number of hydrogen-bond donors (Lipinski definition) is 7. The van der Waals surface area contributed by atoms with Crippen molar-refractivity contribution in [3.8, 4) is 0 Å². The standard InChI is InChI=1S/C38H60O13/c1-17-8-11-37(47-15-17)19(3)38(45)27(51-37)14-24-22-7-6-20-12-21(49-34-32(44)30(42)28(40)18(2)48-34)13-26(36(20,5)23(22)9-10-35(24,38)4)50-33-31(43)29(41)25(39)16-46-33/h6,17-19,21-34,39-45H,7-16H2,1-5H3. The van der Waals surface area contributed by atoms with E-state index in [2.05, 4.69) is 33.8 Å². The Balaban J connectivity index is 1.08. The largest absolute Gasteiger partial charge is 0.388 e. The van der Waals surface area contributed by atoms with Gasteiger partial charge in [-0.25, -0.2) is 0 Å². The molecular formula is C38H60O13. The topological polar surface area (TPSA) is 197 Å². The zero-order valence-electron chi connectivity index (χ0n) is 30.5. The third kappa shape index (κ3) is 5.35. The Labute approximate surface area is 300 Å². The van der Waals surface area contributed by atoms with E-state index in [0.29, 0.717) is 25.4 Å². The molecule has 290 valence electrons. The van der Waals surface area contributed by atoms with Crippen LogP contribution in [0.15, 0.2) is 11.6 Å². The molecule has 4 heterocycles. The third-order valence-corrected chi connectivity index (χ3v) is 15.5. The van der Waals surface area contributed by atoms with Crippen molar-refractivity contribution >= 4 is 0 Å². The number of aliphatic hydroxyl groups excluding tert-OH is 6. The minimum atomic E-state index is -1.47. The summed E-state index contributed by atoms with van der Waals surface area (Å²) in [5.41, 5.74) is -0.808. The normalized spacial score (nSPS) is 59.8. The van der Waals surface area contributed by atoms with E-state index in [1.54, 1.807) is 6.92 Å². The Morgan fingerprint density at radius 1 is 0.804 bits per heavy atom. The van der Waals surface area contributed by atoms with Crippen LogP contribution in [0.1, 0.15) is 86.0 Å². The van der Waals surface area contributed by atoms with E-state index in [1.807, 2.05) is 0 Å². The maximum atomic E-state index is 12.8. The molecule has 4 aliphatic heterocycles. The van der Waals surface area contributed by atoms with Crippen LogP contribution in [0.25, 0.3) is 0 Å². The zero-order valence-corrected chi connectivity index (χ0v) is 30.5. The lowest BCUT2D eigenvalue weighted by Gasteiger charge is -2.61. The van der Waals surface area contributed by atoms with Gasteiger partial charge < -0.3 is 64.2 Å². The smallest absolute Gasteiger partial charge is 0.186 e. The first-order chi connectivity index (χ1) is 24.0. The van der Waals surface area contributed by atoms with Gasteiger partial charge in [-0.1, -0.05) is 39.3 Å². The Bertz CT molecular complexity index is 1340. The van der Waals surface area contributed by atoms with Crippen molar-refractivity contribution in [2.75, 3.05) is 13.2 Å². The molecule has 4 aliphatic carbocycles. The fourth-order valence-electron chi connectivity index (χ4n) is 12.3. The Morgan fingerprint density at radius 2 is 1.55 bits per heavy atom. The van der Waals surface area contributed by atoms with E-state index >= 15 is 0 Å². The Hall–Kier alpha value is -0.780. The van der Waals surface area contributed by atoms with Gasteiger partial charge in [-0.15, -0.1) is 0 Å². The van der Waals surface area contributed by atoms with Gasteiger partial charge in [0.25, 0.3) is 0 Å². The van der Waals surface area contributed by atoms with Crippen LogP contribution in [0.5, 0.6) is 0 Å². The number of aliphatic hydroxyl groups is 7. The van der Waals surface area contributed by atoms with E-state index in [0.717, 1.165) is 44.1 Å². The van der Waals surface area contributed by atoms with Crippen LogP contribution < -0.4 is 0 Å². The fourth-order valence-corrected chi connectivity index (χ4v) is 12.3. The number of rotatable bonds is 4. The summed E-state index contributed by atoms with van der Waals surface area (Å²) in [6, 6.07) is 0. The van der Waals surface area contributed by atoms with Crippen molar-refractivity contribution in [2.24, 2.45) is 40.4 Å². The Morgan fingerprint density at radius 3 is 2.27 bits per heavy atom. The molecule has 4 saturated heterocycles. The van der Waals surface area contributed by atoms with E-state index in [4.69, 9.17) is 28.4 Å². The molecule has 0 aromatic heterocycles. The quantitative estimate of drug-likeness (QED) is 0.204. The highest BCUT2D eigenvalue weighted by molar-refractivity contribution is 5.30. The van der Waals surface area contributed by atoms with Gasteiger partial charge in [-0.3, -0.25) is 0 Å². The molecule has 13 heteroatoms. The summed E-state index contributed by atoms with van der Waals surface area (Å²) in [6.45, 7) is 10.9. The molecule has 21 unspecified atom stereocenters. The minimum absolute atomic E-state index is 0.157. The molecule has 3 saturated carbocycles. The molecule has 51 heavy (non-hydrogen) atoms. The van der Waals surface area contributed by atoms with Gasteiger partial charge in [0.2, 0.25) is 0 Å². The minimum Gasteiger partial charge on any atom is -0.388 e. The lowest BCUT2D eigenvalue weighted by atomic mass is 9.45. The summed E-state index contributed by atoms with van der Waals surface area (Å²) in [4.78, 5) is 0. The second-order valence-corrected chi connectivity index (χ2v) is 18.0. The summed E-state index contributed by atoms with van der Waals surface area (Å²) in [6.07, 6.45) is -4.63. The van der Waals surface area contributed by atoms with E-state index in [1.165, 1.54) is 0 Å². The highest BCUT2D eigenvalue weighted by Gasteiger charge is 2.76. The molecular weight excluding hydrogens is 664 g/mol. The van der Waals surface area contributed by atoms with Crippen LogP contribution >= 0.6 is 0 Å². The Kier molecular flexibility index (Phi) is 9.39. The molecule has 0 amide bonds. The molecule has 0 radical (unpaired) electrons. The molecule has 0 aromatic carbocycles. The maximum absolute atomic E-state index is 12.8. The van der Waals surface area contributed by atoms with E-state index in [-0.39, 0.29) is 41.8 Å². The number of fused-ring (bicyclic) bond motifs is 7. The van der Waals surface area contributed by atoms with Crippen LogP contribution in [0.4, 0.5) is 0 Å². The van der Waals surface area contributed by atoms with Crippen LogP contribution in [0, 0.1) is 40.4 Å². The van der Waals surface area contributed by atoms with Crippen molar-refractivity contribution in [1.29, 1.82) is 0 Å². The van der Waals surface area contributed by atoms with Crippen molar-refractivity contribution in [3.05, 3.63) is 11.6 Å². The first-order valence-electron chi connectivity index (χ1n) is 19.4. The summed E-state index contributed by atoms with van der Waals surface area (Å²) >= 11 is 0. The fraction of sp³-hybridized carbons (Fsp3) is 0.947. The summed E-state index contributed by atoms with van der Waals surface area (Å²) in [5.74, 6) is 0.114. The maximum Gasteiger partial charge on any atom is 0.186 e. The lowest BCUT2D eigenvalue weighted by molar-refractivity contribution is -0.320. The lowest BCUT2D eigenvalue weighted by Crippen LogP contribution is -2.63. The van der Waals surface area contributed by atoms with Gasteiger partial charge in [-0.2, -0.15) is 0 Å². The van der Waals surface area contributed by atoms with Gasteiger partial charge >= 0.3 is 0 Å². The predicted molar refractivity (Wildman–Crippen MR) is 178 cm³/mol. The molecule has 13 nitrogen and oxygen atoms in total. The van der Waals surface area contributed by atoms with Gasteiger partial charge in [0, 0.05) is 29.6 Å². The van der Waals surface area contributed by atoms with Crippen molar-refractivity contribution in [1.82, 2.24) is 0 Å². The number of allylic oxidation sites excluding steroid dienone is 1. The zero-order chi connectivity index (χ0) is 36.4. The van der Waals surface area contributed by atoms with Crippen molar-refractivity contribution in [3.63, 3.8) is 0 Å². The molecule has 8 rings (SSSR count). The van der Waals surface area contributed by atoms with Gasteiger partial charge in [0.05, 0.1) is 37.6 Å². The average Bonchev–Trinajstić information content (AvgIpc) is 3.46. The molecule has 0 aromatic rings. The summed E-state index contributed by atoms with van der Waals surface area (Å²) < 4.78 is 37.9.